The van der Waals surface area contributed by atoms with Crippen molar-refractivity contribution in [3.05, 3.63) is 29.8 Å². The molecule has 0 aromatic heterocycles. The highest BCUT2D eigenvalue weighted by Crippen LogP contribution is 2.15. The third kappa shape index (κ3) is 4.97. The lowest BCUT2D eigenvalue weighted by atomic mass is 10.1. The normalized spacial score (nSPS) is 12.2. The smallest absolute Gasteiger partial charge is 0.226 e. The molecule has 0 aliphatic heterocycles. The molecule has 1 rings (SSSR count). The van der Waals surface area contributed by atoms with Gasteiger partial charge in [-0.25, -0.2) is 0 Å². The Morgan fingerprint density at radius 1 is 1.53 bits per heavy atom. The molecule has 0 saturated carbocycles. The molecule has 3 N–H and O–H groups in total. The number of rotatable bonds is 6. The lowest BCUT2D eigenvalue weighted by molar-refractivity contribution is -0.117. The zero-order valence-corrected chi connectivity index (χ0v) is 10.4. The lowest BCUT2D eigenvalue weighted by Gasteiger charge is -2.09. The van der Waals surface area contributed by atoms with E-state index in [0.29, 0.717) is 19.6 Å². The molecule has 0 aliphatic carbocycles. The van der Waals surface area contributed by atoms with Crippen LogP contribution in [-0.2, 0) is 9.53 Å². The second-order valence-corrected chi connectivity index (χ2v) is 3.91. The predicted octanol–water partition coefficient (Wildman–Crippen LogP) is 2.07. The molecule has 0 spiro atoms. The highest BCUT2D eigenvalue weighted by Gasteiger charge is 2.04. The average molecular weight is 236 g/mol. The zero-order chi connectivity index (χ0) is 12.7. The fourth-order valence-corrected chi connectivity index (χ4v) is 1.43. The van der Waals surface area contributed by atoms with Crippen molar-refractivity contribution in [1.29, 1.82) is 0 Å². The summed E-state index contributed by atoms with van der Waals surface area (Å²) in [4.78, 5) is 11.5. The summed E-state index contributed by atoms with van der Waals surface area (Å²) in [6, 6.07) is 7.54. The molecule has 0 heterocycles. The van der Waals surface area contributed by atoms with Gasteiger partial charge in [-0.15, -0.1) is 0 Å². The van der Waals surface area contributed by atoms with Crippen LogP contribution >= 0.6 is 0 Å². The Morgan fingerprint density at radius 2 is 2.29 bits per heavy atom. The minimum Gasteiger partial charge on any atom is -0.381 e. The fraction of sp³-hybridized carbons (Fsp3) is 0.462. The molecule has 17 heavy (non-hydrogen) atoms. The first-order chi connectivity index (χ1) is 8.13. The van der Waals surface area contributed by atoms with E-state index in [1.165, 1.54) is 0 Å². The molecule has 1 amide bonds. The number of carbonyl (C=O) groups excluding carboxylic acids is 1. The number of benzene rings is 1. The van der Waals surface area contributed by atoms with Crippen molar-refractivity contribution in [3.8, 4) is 0 Å². The van der Waals surface area contributed by atoms with E-state index >= 15 is 0 Å². The Labute approximate surface area is 102 Å². The van der Waals surface area contributed by atoms with Gasteiger partial charge in [0.1, 0.15) is 0 Å². The largest absolute Gasteiger partial charge is 0.381 e. The summed E-state index contributed by atoms with van der Waals surface area (Å²) in [5.41, 5.74) is 7.56. The molecule has 1 unspecified atom stereocenters. The van der Waals surface area contributed by atoms with Crippen molar-refractivity contribution >= 4 is 11.6 Å². The zero-order valence-electron chi connectivity index (χ0n) is 10.4. The molecule has 94 valence electrons. The summed E-state index contributed by atoms with van der Waals surface area (Å²) in [5, 5.41) is 2.82. The van der Waals surface area contributed by atoms with Crippen molar-refractivity contribution < 1.29 is 9.53 Å². The summed E-state index contributed by atoms with van der Waals surface area (Å²) in [5.74, 6) is -0.0414. The van der Waals surface area contributed by atoms with Crippen LogP contribution in [0.2, 0.25) is 0 Å². The van der Waals surface area contributed by atoms with E-state index < -0.39 is 0 Å². The molecular weight excluding hydrogens is 216 g/mol. The molecule has 1 aromatic rings. The summed E-state index contributed by atoms with van der Waals surface area (Å²) in [6.07, 6.45) is 0.371. The lowest BCUT2D eigenvalue weighted by Crippen LogP contribution is -2.14. The number of nitrogens with two attached hydrogens (primary N) is 1. The predicted molar refractivity (Wildman–Crippen MR) is 68.8 cm³/mol. The van der Waals surface area contributed by atoms with Crippen LogP contribution in [0.25, 0.3) is 0 Å². The topological polar surface area (TPSA) is 64.3 Å². The maximum atomic E-state index is 11.5. The van der Waals surface area contributed by atoms with Gasteiger partial charge in [-0.05, 0) is 31.5 Å². The van der Waals surface area contributed by atoms with Crippen LogP contribution in [0.1, 0.15) is 31.9 Å². The van der Waals surface area contributed by atoms with Crippen LogP contribution in [0, 0.1) is 0 Å². The molecule has 1 aromatic carbocycles. The number of amides is 1. The number of ether oxygens (including phenoxy) is 1. The molecular formula is C13H20N2O2. The Hall–Kier alpha value is -1.39. The van der Waals surface area contributed by atoms with Gasteiger partial charge >= 0.3 is 0 Å². The van der Waals surface area contributed by atoms with Crippen molar-refractivity contribution in [2.75, 3.05) is 18.5 Å². The van der Waals surface area contributed by atoms with Crippen molar-refractivity contribution in [1.82, 2.24) is 0 Å². The van der Waals surface area contributed by atoms with E-state index in [9.17, 15) is 4.79 Å². The van der Waals surface area contributed by atoms with E-state index in [2.05, 4.69) is 5.32 Å². The van der Waals surface area contributed by atoms with E-state index in [-0.39, 0.29) is 11.9 Å². The van der Waals surface area contributed by atoms with E-state index in [1.807, 2.05) is 38.1 Å². The average Bonchev–Trinajstić information content (AvgIpc) is 2.29. The van der Waals surface area contributed by atoms with Gasteiger partial charge in [-0.3, -0.25) is 4.79 Å². The van der Waals surface area contributed by atoms with Crippen LogP contribution in [-0.4, -0.2) is 19.1 Å². The van der Waals surface area contributed by atoms with Crippen molar-refractivity contribution in [3.63, 3.8) is 0 Å². The molecule has 1 atom stereocenters. The molecule has 0 aliphatic rings. The number of anilines is 1. The highest BCUT2D eigenvalue weighted by molar-refractivity contribution is 5.90. The van der Waals surface area contributed by atoms with Crippen LogP contribution in [0.4, 0.5) is 5.69 Å². The number of nitrogens with one attached hydrogen (secondary N) is 1. The molecule has 4 heteroatoms. The third-order valence-corrected chi connectivity index (χ3v) is 2.37. The van der Waals surface area contributed by atoms with Gasteiger partial charge in [0.2, 0.25) is 5.91 Å². The van der Waals surface area contributed by atoms with E-state index in [0.717, 1.165) is 11.3 Å². The molecule has 0 bridgehead atoms. The molecule has 0 fully saturated rings. The van der Waals surface area contributed by atoms with Crippen LogP contribution in [0.15, 0.2) is 24.3 Å². The summed E-state index contributed by atoms with van der Waals surface area (Å²) >= 11 is 0. The molecule has 0 saturated heterocycles. The first-order valence-corrected chi connectivity index (χ1v) is 5.86. The summed E-state index contributed by atoms with van der Waals surface area (Å²) in [7, 11) is 0. The Morgan fingerprint density at radius 3 is 2.94 bits per heavy atom. The van der Waals surface area contributed by atoms with E-state index in [1.54, 1.807) is 0 Å². The standard InChI is InChI=1S/C13H20N2O2/c1-3-17-8-7-13(16)15-12-6-4-5-11(9-12)10(2)14/h4-6,9-10H,3,7-8,14H2,1-2H3,(H,15,16). The Kier molecular flexibility index (Phi) is 5.66. The van der Waals surface area contributed by atoms with Crippen molar-refractivity contribution in [2.45, 2.75) is 26.3 Å². The Bertz CT molecular complexity index is 364. The minimum absolute atomic E-state index is 0.0322. The van der Waals surface area contributed by atoms with Crippen LogP contribution < -0.4 is 11.1 Å². The SMILES string of the molecule is CCOCCC(=O)Nc1cccc(C(C)N)c1. The van der Waals surface area contributed by atoms with Gasteiger partial charge in [0.05, 0.1) is 13.0 Å². The van der Waals surface area contributed by atoms with Gasteiger partial charge in [-0.2, -0.15) is 0 Å². The van der Waals surface area contributed by atoms with Gasteiger partial charge < -0.3 is 15.8 Å². The van der Waals surface area contributed by atoms with Gasteiger partial charge in [-0.1, -0.05) is 12.1 Å². The second-order valence-electron chi connectivity index (χ2n) is 3.91. The summed E-state index contributed by atoms with van der Waals surface area (Å²) in [6.45, 7) is 4.91. The third-order valence-electron chi connectivity index (χ3n) is 2.37. The van der Waals surface area contributed by atoms with Crippen LogP contribution in [0.5, 0.6) is 0 Å². The van der Waals surface area contributed by atoms with Gasteiger partial charge in [0.25, 0.3) is 0 Å². The first-order valence-electron chi connectivity index (χ1n) is 5.86. The first kappa shape index (κ1) is 13.7. The van der Waals surface area contributed by atoms with Gasteiger partial charge in [0.15, 0.2) is 0 Å². The monoisotopic (exact) mass is 236 g/mol. The minimum atomic E-state index is -0.0414. The summed E-state index contributed by atoms with van der Waals surface area (Å²) < 4.78 is 5.12. The quantitative estimate of drug-likeness (QED) is 0.743. The fourth-order valence-electron chi connectivity index (χ4n) is 1.43. The van der Waals surface area contributed by atoms with Crippen LogP contribution in [0.3, 0.4) is 0 Å². The maximum Gasteiger partial charge on any atom is 0.226 e. The van der Waals surface area contributed by atoms with Gasteiger partial charge in [0, 0.05) is 18.3 Å². The molecule has 0 radical (unpaired) electrons. The molecule has 4 nitrogen and oxygen atoms in total. The number of carbonyl (C=O) groups is 1. The number of hydrogen-bond donors (Lipinski definition) is 2. The second kappa shape index (κ2) is 7.04. The van der Waals surface area contributed by atoms with E-state index in [4.69, 9.17) is 10.5 Å². The maximum absolute atomic E-state index is 11.5. The number of hydrogen-bond acceptors (Lipinski definition) is 3. The Balaban J connectivity index is 2.50. The van der Waals surface area contributed by atoms with Crippen molar-refractivity contribution in [2.24, 2.45) is 5.73 Å². The highest BCUT2D eigenvalue weighted by atomic mass is 16.5.